The SMILES string of the molecule is CCOc1c(/C=C2/SC(=O)N(CC(=O)N3CCOCC3)C2=O)cccc1OC. The topological polar surface area (TPSA) is 85.4 Å². The zero-order valence-electron chi connectivity index (χ0n) is 15.8. The number of carbonyl (C=O) groups excluding carboxylic acids is 3. The average Bonchev–Trinajstić information content (AvgIpc) is 2.97. The van der Waals surface area contributed by atoms with Gasteiger partial charge in [0.05, 0.1) is 31.8 Å². The quantitative estimate of drug-likeness (QED) is 0.668. The first-order valence-corrected chi connectivity index (χ1v) is 9.77. The number of hydrogen-bond donors (Lipinski definition) is 0. The van der Waals surface area contributed by atoms with Crippen LogP contribution in [0, 0.1) is 0 Å². The molecule has 2 aliphatic rings. The van der Waals surface area contributed by atoms with Crippen molar-refractivity contribution in [1.29, 1.82) is 0 Å². The van der Waals surface area contributed by atoms with E-state index in [2.05, 4.69) is 0 Å². The van der Waals surface area contributed by atoms with E-state index in [1.807, 2.05) is 6.92 Å². The van der Waals surface area contributed by atoms with Gasteiger partial charge in [0, 0.05) is 18.7 Å². The first-order chi connectivity index (χ1) is 13.5. The van der Waals surface area contributed by atoms with Crippen LogP contribution in [-0.4, -0.2) is 73.4 Å². The summed E-state index contributed by atoms with van der Waals surface area (Å²) in [7, 11) is 1.53. The predicted molar refractivity (Wildman–Crippen MR) is 104 cm³/mol. The number of hydrogen-bond acceptors (Lipinski definition) is 7. The summed E-state index contributed by atoms with van der Waals surface area (Å²) in [5.74, 6) is 0.297. The zero-order valence-corrected chi connectivity index (χ0v) is 16.6. The molecule has 2 aliphatic heterocycles. The van der Waals surface area contributed by atoms with Crippen molar-refractivity contribution in [2.75, 3.05) is 46.6 Å². The molecule has 0 unspecified atom stereocenters. The summed E-state index contributed by atoms with van der Waals surface area (Å²) in [6.07, 6.45) is 1.59. The van der Waals surface area contributed by atoms with Crippen molar-refractivity contribution in [3.63, 3.8) is 0 Å². The Kier molecular flexibility index (Phi) is 6.58. The van der Waals surface area contributed by atoms with E-state index in [0.717, 1.165) is 16.7 Å². The Bertz CT molecular complexity index is 804. The van der Waals surface area contributed by atoms with Crippen molar-refractivity contribution in [1.82, 2.24) is 9.80 Å². The molecule has 3 amide bonds. The lowest BCUT2D eigenvalue weighted by molar-refractivity contribution is -0.139. The minimum absolute atomic E-state index is 0.244. The van der Waals surface area contributed by atoms with Gasteiger partial charge in [-0.2, -0.15) is 0 Å². The number of imide groups is 1. The fraction of sp³-hybridized carbons (Fsp3) is 0.421. The highest BCUT2D eigenvalue weighted by Crippen LogP contribution is 2.37. The lowest BCUT2D eigenvalue weighted by Crippen LogP contribution is -2.46. The van der Waals surface area contributed by atoms with Gasteiger partial charge in [-0.25, -0.2) is 0 Å². The average molecular weight is 406 g/mol. The van der Waals surface area contributed by atoms with Crippen molar-refractivity contribution in [3.8, 4) is 11.5 Å². The smallest absolute Gasteiger partial charge is 0.294 e. The van der Waals surface area contributed by atoms with Crippen molar-refractivity contribution in [3.05, 3.63) is 28.7 Å². The van der Waals surface area contributed by atoms with E-state index in [0.29, 0.717) is 50.0 Å². The maximum atomic E-state index is 12.7. The predicted octanol–water partition coefficient (Wildman–Crippen LogP) is 1.99. The summed E-state index contributed by atoms with van der Waals surface area (Å²) in [6, 6.07) is 5.31. The van der Waals surface area contributed by atoms with E-state index in [-0.39, 0.29) is 17.4 Å². The molecule has 8 nitrogen and oxygen atoms in total. The van der Waals surface area contributed by atoms with Gasteiger partial charge in [0.1, 0.15) is 6.54 Å². The lowest BCUT2D eigenvalue weighted by Gasteiger charge is -2.28. The molecular formula is C19H22N2O6S. The van der Waals surface area contributed by atoms with E-state index in [1.165, 1.54) is 7.11 Å². The van der Waals surface area contributed by atoms with E-state index >= 15 is 0 Å². The molecule has 2 saturated heterocycles. The summed E-state index contributed by atoms with van der Waals surface area (Å²) in [4.78, 5) is 40.2. The van der Waals surface area contributed by atoms with Gasteiger partial charge in [-0.1, -0.05) is 12.1 Å². The van der Waals surface area contributed by atoms with Gasteiger partial charge in [0.15, 0.2) is 11.5 Å². The number of amides is 3. The Labute approximate surface area is 167 Å². The van der Waals surface area contributed by atoms with Crippen LogP contribution in [0.3, 0.4) is 0 Å². The second-order valence-electron chi connectivity index (χ2n) is 6.07. The number of methoxy groups -OCH3 is 1. The van der Waals surface area contributed by atoms with Gasteiger partial charge in [0.25, 0.3) is 11.1 Å². The molecule has 28 heavy (non-hydrogen) atoms. The molecule has 150 valence electrons. The monoisotopic (exact) mass is 406 g/mol. The van der Waals surface area contributed by atoms with Gasteiger partial charge in [0.2, 0.25) is 5.91 Å². The highest BCUT2D eigenvalue weighted by atomic mass is 32.2. The molecule has 0 spiro atoms. The Morgan fingerprint density at radius 1 is 1.29 bits per heavy atom. The summed E-state index contributed by atoms with van der Waals surface area (Å²) >= 11 is 0.812. The number of rotatable bonds is 6. The molecule has 0 bridgehead atoms. The van der Waals surface area contributed by atoms with Crippen molar-refractivity contribution in [2.45, 2.75) is 6.92 Å². The van der Waals surface area contributed by atoms with Gasteiger partial charge >= 0.3 is 0 Å². The minimum Gasteiger partial charge on any atom is -0.493 e. The summed E-state index contributed by atoms with van der Waals surface area (Å²) in [5, 5.41) is -0.460. The van der Waals surface area contributed by atoms with Crippen LogP contribution in [-0.2, 0) is 14.3 Å². The molecule has 0 radical (unpaired) electrons. The Balaban J connectivity index is 1.79. The third kappa shape index (κ3) is 4.31. The van der Waals surface area contributed by atoms with Crippen molar-refractivity contribution in [2.24, 2.45) is 0 Å². The summed E-state index contributed by atoms with van der Waals surface area (Å²) in [5.41, 5.74) is 0.631. The van der Waals surface area contributed by atoms with E-state index < -0.39 is 11.1 Å². The third-order valence-electron chi connectivity index (χ3n) is 4.34. The molecule has 1 aromatic rings. The van der Waals surface area contributed by atoms with Crippen LogP contribution in [0.15, 0.2) is 23.1 Å². The Morgan fingerprint density at radius 2 is 2.04 bits per heavy atom. The fourth-order valence-electron chi connectivity index (χ4n) is 2.93. The van der Waals surface area contributed by atoms with Crippen LogP contribution in [0.25, 0.3) is 6.08 Å². The fourth-order valence-corrected chi connectivity index (χ4v) is 3.76. The second-order valence-corrected chi connectivity index (χ2v) is 7.07. The maximum Gasteiger partial charge on any atom is 0.294 e. The maximum absolute atomic E-state index is 12.7. The highest BCUT2D eigenvalue weighted by molar-refractivity contribution is 8.18. The normalized spacial score (nSPS) is 18.7. The van der Waals surface area contributed by atoms with Gasteiger partial charge < -0.3 is 19.1 Å². The Morgan fingerprint density at radius 3 is 2.71 bits per heavy atom. The number of nitrogens with zero attached hydrogens (tertiary/aromatic N) is 2. The van der Waals surface area contributed by atoms with Crippen LogP contribution in [0.4, 0.5) is 4.79 Å². The van der Waals surface area contributed by atoms with Gasteiger partial charge in [-0.3, -0.25) is 19.3 Å². The zero-order chi connectivity index (χ0) is 20.1. The molecule has 3 rings (SSSR count). The molecule has 0 aromatic heterocycles. The highest BCUT2D eigenvalue weighted by Gasteiger charge is 2.37. The van der Waals surface area contributed by atoms with Crippen molar-refractivity contribution >= 4 is 34.9 Å². The van der Waals surface area contributed by atoms with Crippen LogP contribution < -0.4 is 9.47 Å². The molecule has 0 aliphatic carbocycles. The summed E-state index contributed by atoms with van der Waals surface area (Å²) < 4.78 is 16.2. The Hall–Kier alpha value is -2.52. The minimum atomic E-state index is -0.484. The molecular weight excluding hydrogens is 384 g/mol. The number of benzene rings is 1. The number of carbonyl (C=O) groups is 3. The van der Waals surface area contributed by atoms with Crippen LogP contribution >= 0.6 is 11.8 Å². The number of para-hydroxylation sites is 1. The molecule has 2 fully saturated rings. The van der Waals surface area contributed by atoms with Gasteiger partial charge in [-0.05, 0) is 30.8 Å². The van der Waals surface area contributed by atoms with Crippen LogP contribution in [0.2, 0.25) is 0 Å². The molecule has 1 aromatic carbocycles. The lowest BCUT2D eigenvalue weighted by atomic mass is 10.1. The molecule has 0 atom stereocenters. The van der Waals surface area contributed by atoms with Crippen LogP contribution in [0.1, 0.15) is 12.5 Å². The van der Waals surface area contributed by atoms with Gasteiger partial charge in [-0.15, -0.1) is 0 Å². The molecule has 9 heteroatoms. The van der Waals surface area contributed by atoms with Crippen molar-refractivity contribution < 1.29 is 28.6 Å². The first kappa shape index (κ1) is 20.2. The largest absolute Gasteiger partial charge is 0.493 e. The summed E-state index contributed by atoms with van der Waals surface area (Å²) in [6.45, 7) is 3.86. The van der Waals surface area contributed by atoms with Crippen LogP contribution in [0.5, 0.6) is 11.5 Å². The molecule has 2 heterocycles. The molecule has 0 N–H and O–H groups in total. The van der Waals surface area contributed by atoms with E-state index in [9.17, 15) is 14.4 Å². The second kappa shape index (κ2) is 9.11. The molecule has 0 saturated carbocycles. The van der Waals surface area contributed by atoms with E-state index in [1.54, 1.807) is 29.2 Å². The standard InChI is InChI=1S/C19H22N2O6S/c1-3-27-17-13(5-4-6-14(17)25-2)11-15-18(23)21(19(24)28-15)12-16(22)20-7-9-26-10-8-20/h4-6,11H,3,7-10,12H2,1-2H3/b15-11+. The number of morpholine rings is 1. The third-order valence-corrected chi connectivity index (χ3v) is 5.24. The first-order valence-electron chi connectivity index (χ1n) is 8.95. The number of thioether (sulfide) groups is 1. The van der Waals surface area contributed by atoms with E-state index in [4.69, 9.17) is 14.2 Å². The number of ether oxygens (including phenoxy) is 3.